The van der Waals surface area contributed by atoms with Crippen LogP contribution in [0.1, 0.15) is 6.92 Å². The van der Waals surface area contributed by atoms with Gasteiger partial charge >= 0.3 is 0 Å². The van der Waals surface area contributed by atoms with Crippen LogP contribution in [0.5, 0.6) is 0 Å². The minimum Gasteiger partial charge on any atom is -0.258 e. The van der Waals surface area contributed by atoms with Gasteiger partial charge in [-0.25, -0.2) is 12.8 Å². The van der Waals surface area contributed by atoms with E-state index in [-0.39, 0.29) is 17.6 Å². The minimum absolute atomic E-state index is 0.0995. The van der Waals surface area contributed by atoms with E-state index in [2.05, 4.69) is 0 Å². The summed E-state index contributed by atoms with van der Waals surface area (Å²) in [5, 5.41) is 10.7. The van der Waals surface area contributed by atoms with Crippen molar-refractivity contribution in [3.8, 4) is 0 Å². The molecule has 0 N–H and O–H groups in total. The first-order chi connectivity index (χ1) is 8.27. The van der Waals surface area contributed by atoms with Gasteiger partial charge in [0.25, 0.3) is 5.69 Å². The van der Waals surface area contributed by atoms with Crippen LogP contribution < -0.4 is 0 Å². The van der Waals surface area contributed by atoms with E-state index in [1.54, 1.807) is 6.92 Å². The number of hydrogen-bond donors (Lipinski definition) is 0. The summed E-state index contributed by atoms with van der Waals surface area (Å²) in [6, 6.07) is 2.35. The zero-order valence-electron chi connectivity index (χ0n) is 9.47. The van der Waals surface area contributed by atoms with Gasteiger partial charge in [0.2, 0.25) is 0 Å². The fourth-order valence-electron chi connectivity index (χ4n) is 1.40. The molecule has 5 nitrogen and oxygen atoms in total. The molecule has 18 heavy (non-hydrogen) atoms. The van der Waals surface area contributed by atoms with Gasteiger partial charge < -0.3 is 0 Å². The first-order valence-corrected chi connectivity index (χ1v) is 7.19. The summed E-state index contributed by atoms with van der Waals surface area (Å²) in [6.45, 7) is 1.59. The molecule has 0 radical (unpaired) electrons. The van der Waals surface area contributed by atoms with Crippen molar-refractivity contribution in [1.29, 1.82) is 0 Å². The molecule has 0 saturated carbocycles. The van der Waals surface area contributed by atoms with Gasteiger partial charge in [-0.1, -0.05) is 6.92 Å². The van der Waals surface area contributed by atoms with Crippen LogP contribution in [-0.4, -0.2) is 25.0 Å². The number of alkyl halides is 1. The maximum absolute atomic E-state index is 13.0. The van der Waals surface area contributed by atoms with E-state index in [0.29, 0.717) is 6.07 Å². The van der Waals surface area contributed by atoms with Crippen molar-refractivity contribution in [2.75, 3.05) is 11.6 Å². The molecule has 1 unspecified atom stereocenters. The van der Waals surface area contributed by atoms with Crippen molar-refractivity contribution in [3.63, 3.8) is 0 Å². The average Bonchev–Trinajstić information content (AvgIpc) is 2.27. The van der Waals surface area contributed by atoms with E-state index < -0.39 is 31.2 Å². The molecule has 1 atom stereocenters. The van der Waals surface area contributed by atoms with Crippen molar-refractivity contribution in [2.45, 2.75) is 11.8 Å². The standard InChI is InChI=1S/C10H11ClFNO4S/c1-7(5-11)6-18(16,17)10-4-8(12)2-3-9(10)13(14)15/h2-4,7H,5-6H2,1H3. The van der Waals surface area contributed by atoms with Crippen LogP contribution in [0.3, 0.4) is 0 Å². The number of rotatable bonds is 5. The van der Waals surface area contributed by atoms with Gasteiger partial charge in [0.05, 0.1) is 10.7 Å². The summed E-state index contributed by atoms with van der Waals surface area (Å²) in [5.41, 5.74) is -0.627. The van der Waals surface area contributed by atoms with Crippen LogP contribution >= 0.6 is 11.6 Å². The lowest BCUT2D eigenvalue weighted by molar-refractivity contribution is -0.387. The second-order valence-corrected chi connectivity index (χ2v) is 6.22. The van der Waals surface area contributed by atoms with Crippen LogP contribution in [0.15, 0.2) is 23.1 Å². The molecule has 8 heteroatoms. The molecule has 0 heterocycles. The van der Waals surface area contributed by atoms with Gasteiger partial charge in [-0.15, -0.1) is 11.6 Å². The lowest BCUT2D eigenvalue weighted by Crippen LogP contribution is -2.16. The highest BCUT2D eigenvalue weighted by molar-refractivity contribution is 7.91. The molecule has 1 aromatic carbocycles. The third-order valence-electron chi connectivity index (χ3n) is 2.22. The number of hydrogen-bond acceptors (Lipinski definition) is 4. The number of benzene rings is 1. The first kappa shape index (κ1) is 14.8. The SMILES string of the molecule is CC(CCl)CS(=O)(=O)c1cc(F)ccc1[N+](=O)[O-]. The molecule has 1 rings (SSSR count). The summed E-state index contributed by atoms with van der Waals surface area (Å²) >= 11 is 5.51. The van der Waals surface area contributed by atoms with Gasteiger partial charge in [0.15, 0.2) is 9.84 Å². The third-order valence-corrected chi connectivity index (χ3v) is 4.75. The Morgan fingerprint density at radius 2 is 2.11 bits per heavy atom. The van der Waals surface area contributed by atoms with Crippen molar-refractivity contribution < 1.29 is 17.7 Å². The monoisotopic (exact) mass is 295 g/mol. The van der Waals surface area contributed by atoms with Crippen LogP contribution in [0, 0.1) is 21.8 Å². The van der Waals surface area contributed by atoms with E-state index in [4.69, 9.17) is 11.6 Å². The molecule has 0 bridgehead atoms. The number of sulfone groups is 1. The van der Waals surface area contributed by atoms with Gasteiger partial charge in [-0.3, -0.25) is 10.1 Å². The lowest BCUT2D eigenvalue weighted by atomic mass is 10.3. The Bertz CT molecular complexity index is 561. The molecule has 0 fully saturated rings. The minimum atomic E-state index is -3.94. The Hall–Kier alpha value is -1.21. The Labute approximate surface area is 109 Å². The van der Waals surface area contributed by atoms with E-state index in [1.165, 1.54) is 0 Å². The van der Waals surface area contributed by atoms with Crippen molar-refractivity contribution >= 4 is 27.1 Å². The zero-order chi connectivity index (χ0) is 13.9. The maximum atomic E-state index is 13.0. The second-order valence-electron chi connectivity index (χ2n) is 3.91. The summed E-state index contributed by atoms with van der Waals surface area (Å²) in [5.74, 6) is -1.47. The van der Waals surface area contributed by atoms with Gasteiger partial charge in [0.1, 0.15) is 10.7 Å². The predicted octanol–water partition coefficient (Wildman–Crippen LogP) is 2.38. The highest BCUT2D eigenvalue weighted by Gasteiger charge is 2.27. The summed E-state index contributed by atoms with van der Waals surface area (Å²) in [6.07, 6.45) is 0. The zero-order valence-corrected chi connectivity index (χ0v) is 11.0. The molecular formula is C10H11ClFNO4S. The topological polar surface area (TPSA) is 77.3 Å². The molecule has 0 aliphatic carbocycles. The molecule has 100 valence electrons. The molecule has 0 aliphatic heterocycles. The Morgan fingerprint density at radius 1 is 1.50 bits per heavy atom. The molecule has 0 aromatic heterocycles. The summed E-state index contributed by atoms with van der Waals surface area (Å²) < 4.78 is 36.9. The molecule has 0 spiro atoms. The fraction of sp³-hybridized carbons (Fsp3) is 0.400. The Morgan fingerprint density at radius 3 is 2.61 bits per heavy atom. The molecule has 0 saturated heterocycles. The van der Waals surface area contributed by atoms with Gasteiger partial charge in [-0.05, 0) is 18.1 Å². The van der Waals surface area contributed by atoms with Crippen molar-refractivity contribution in [3.05, 3.63) is 34.1 Å². The highest BCUT2D eigenvalue weighted by Crippen LogP contribution is 2.26. The molecule has 1 aromatic rings. The number of nitrogens with zero attached hydrogens (tertiary/aromatic N) is 1. The lowest BCUT2D eigenvalue weighted by Gasteiger charge is -2.09. The van der Waals surface area contributed by atoms with Crippen LogP contribution in [0.2, 0.25) is 0 Å². The number of halogens is 2. The summed E-state index contributed by atoms with van der Waals surface area (Å²) in [4.78, 5) is 9.27. The van der Waals surface area contributed by atoms with Crippen molar-refractivity contribution in [1.82, 2.24) is 0 Å². The molecular weight excluding hydrogens is 285 g/mol. The van der Waals surface area contributed by atoms with E-state index in [1.807, 2.05) is 0 Å². The smallest absolute Gasteiger partial charge is 0.258 e. The molecule has 0 aliphatic rings. The average molecular weight is 296 g/mol. The van der Waals surface area contributed by atoms with Gasteiger partial charge in [0, 0.05) is 11.9 Å². The normalized spacial score (nSPS) is 13.3. The predicted molar refractivity (Wildman–Crippen MR) is 65.0 cm³/mol. The van der Waals surface area contributed by atoms with E-state index in [0.717, 1.165) is 12.1 Å². The second kappa shape index (κ2) is 5.62. The van der Waals surface area contributed by atoms with E-state index >= 15 is 0 Å². The Balaban J connectivity index is 3.30. The Kier molecular flexibility index (Phi) is 4.64. The maximum Gasteiger partial charge on any atom is 0.288 e. The first-order valence-electron chi connectivity index (χ1n) is 5.00. The summed E-state index contributed by atoms with van der Waals surface area (Å²) in [7, 11) is -3.94. The third kappa shape index (κ3) is 3.39. The highest BCUT2D eigenvalue weighted by atomic mass is 35.5. The van der Waals surface area contributed by atoms with E-state index in [9.17, 15) is 22.9 Å². The fourth-order valence-corrected chi connectivity index (χ4v) is 3.44. The molecule has 0 amide bonds. The number of nitro groups is 1. The quantitative estimate of drug-likeness (QED) is 0.475. The van der Waals surface area contributed by atoms with Crippen LogP contribution in [0.4, 0.5) is 10.1 Å². The van der Waals surface area contributed by atoms with Crippen LogP contribution in [-0.2, 0) is 9.84 Å². The van der Waals surface area contributed by atoms with Crippen molar-refractivity contribution in [2.24, 2.45) is 5.92 Å². The van der Waals surface area contributed by atoms with Gasteiger partial charge in [-0.2, -0.15) is 0 Å². The number of nitro benzene ring substituents is 1. The largest absolute Gasteiger partial charge is 0.288 e. The van der Waals surface area contributed by atoms with Crippen LogP contribution in [0.25, 0.3) is 0 Å².